The Morgan fingerprint density at radius 1 is 1.00 bits per heavy atom. The summed E-state index contributed by atoms with van der Waals surface area (Å²) in [7, 11) is 0. The lowest BCUT2D eigenvalue weighted by atomic mass is 10.1. The van der Waals surface area contributed by atoms with Crippen LogP contribution in [0.3, 0.4) is 0 Å². The van der Waals surface area contributed by atoms with Crippen LogP contribution < -0.4 is 15.1 Å². The van der Waals surface area contributed by atoms with Gasteiger partial charge in [0.25, 0.3) is 0 Å². The number of fused-ring (bicyclic) bond motifs is 1. The molecule has 0 amide bonds. The fraction of sp³-hybridized carbons (Fsp3) is 0.609. The van der Waals surface area contributed by atoms with E-state index in [0.717, 1.165) is 47.5 Å². The van der Waals surface area contributed by atoms with Crippen molar-refractivity contribution >= 4 is 10.9 Å². The lowest BCUT2D eigenvalue weighted by molar-refractivity contribution is -0.919. The van der Waals surface area contributed by atoms with Crippen LogP contribution in [0.15, 0.2) is 23.0 Å². The number of hydrogen-bond donors (Lipinski definition) is 2. The molecule has 27 heavy (non-hydrogen) atoms. The van der Waals surface area contributed by atoms with Crippen molar-refractivity contribution in [3.8, 4) is 5.75 Å². The monoisotopic (exact) mass is 373 g/mol. The number of aryl methyl sites for hydroxylation is 1. The Labute approximate surface area is 163 Å². The predicted molar refractivity (Wildman–Crippen MR) is 114 cm³/mol. The topological polar surface area (TPSA) is 46.5 Å². The zero-order valence-electron chi connectivity index (χ0n) is 18.1. The molecule has 1 aromatic heterocycles. The van der Waals surface area contributed by atoms with Gasteiger partial charge in [0.15, 0.2) is 5.43 Å². The van der Waals surface area contributed by atoms with E-state index in [1.807, 2.05) is 25.1 Å². The van der Waals surface area contributed by atoms with E-state index in [-0.39, 0.29) is 5.43 Å². The van der Waals surface area contributed by atoms with Gasteiger partial charge in [0.05, 0.1) is 25.3 Å². The third-order valence-electron chi connectivity index (χ3n) is 4.69. The first kappa shape index (κ1) is 21.5. The number of rotatable bonds is 9. The third-order valence-corrected chi connectivity index (χ3v) is 4.69. The first-order chi connectivity index (χ1) is 12.7. The molecule has 0 aliphatic heterocycles. The number of nitrogens with one attached hydrogen (secondary N) is 2. The highest BCUT2D eigenvalue weighted by Gasteiger charge is 2.19. The second-order valence-electron chi connectivity index (χ2n) is 9.09. The van der Waals surface area contributed by atoms with Crippen LogP contribution in [0.5, 0.6) is 5.75 Å². The zero-order valence-corrected chi connectivity index (χ0v) is 18.1. The Morgan fingerprint density at radius 3 is 2.19 bits per heavy atom. The SMILES string of the molecule is Cc1[nH]c2ccc(OCC(C)C)cc2c(=O)c1C[NH+](CC(C)C)CC(C)C. The minimum Gasteiger partial charge on any atom is -0.493 e. The van der Waals surface area contributed by atoms with Gasteiger partial charge in [-0.25, -0.2) is 0 Å². The Balaban J connectivity index is 2.38. The molecule has 2 N–H and O–H groups in total. The van der Waals surface area contributed by atoms with Crippen molar-refractivity contribution in [1.82, 2.24) is 4.98 Å². The smallest absolute Gasteiger partial charge is 0.198 e. The Bertz CT molecular complexity index is 796. The second kappa shape index (κ2) is 9.41. The average molecular weight is 374 g/mol. The van der Waals surface area contributed by atoms with Crippen molar-refractivity contribution < 1.29 is 9.64 Å². The molecule has 2 rings (SSSR count). The number of benzene rings is 1. The van der Waals surface area contributed by atoms with Crippen LogP contribution in [0, 0.1) is 24.7 Å². The van der Waals surface area contributed by atoms with Crippen molar-refractivity contribution in [2.75, 3.05) is 19.7 Å². The maximum absolute atomic E-state index is 13.3. The summed E-state index contributed by atoms with van der Waals surface area (Å²) in [6.45, 7) is 18.8. The van der Waals surface area contributed by atoms with Crippen molar-refractivity contribution in [2.45, 2.75) is 55.0 Å². The van der Waals surface area contributed by atoms with Gasteiger partial charge < -0.3 is 14.6 Å². The van der Waals surface area contributed by atoms with Crippen molar-refractivity contribution in [2.24, 2.45) is 17.8 Å². The predicted octanol–water partition coefficient (Wildman–Crippen LogP) is 3.57. The first-order valence-electron chi connectivity index (χ1n) is 10.3. The molecule has 4 heteroatoms. The molecule has 0 bridgehead atoms. The van der Waals surface area contributed by atoms with Crippen LogP contribution in [-0.2, 0) is 6.54 Å². The molecule has 0 fully saturated rings. The molecule has 2 aromatic rings. The number of H-pyrrole nitrogens is 1. The van der Waals surface area contributed by atoms with Crippen molar-refractivity contribution in [3.05, 3.63) is 39.7 Å². The van der Waals surface area contributed by atoms with Crippen LogP contribution in [-0.4, -0.2) is 24.7 Å². The minimum absolute atomic E-state index is 0.140. The van der Waals surface area contributed by atoms with Gasteiger partial charge in [-0.15, -0.1) is 0 Å². The van der Waals surface area contributed by atoms with E-state index in [1.54, 1.807) is 0 Å². The molecule has 0 radical (unpaired) electrons. The molecule has 4 nitrogen and oxygen atoms in total. The number of ether oxygens (including phenoxy) is 1. The zero-order chi connectivity index (χ0) is 20.1. The maximum Gasteiger partial charge on any atom is 0.198 e. The normalized spacial score (nSPS) is 12.1. The number of aromatic amines is 1. The highest BCUT2D eigenvalue weighted by molar-refractivity contribution is 5.81. The lowest BCUT2D eigenvalue weighted by Gasteiger charge is -2.24. The summed E-state index contributed by atoms with van der Waals surface area (Å²) < 4.78 is 5.83. The van der Waals surface area contributed by atoms with E-state index in [1.165, 1.54) is 4.90 Å². The van der Waals surface area contributed by atoms with Gasteiger partial charge in [0.2, 0.25) is 0 Å². The molecular weight excluding hydrogens is 336 g/mol. The van der Waals surface area contributed by atoms with Crippen LogP contribution in [0.4, 0.5) is 0 Å². The molecule has 0 saturated heterocycles. The summed E-state index contributed by atoms with van der Waals surface area (Å²) >= 11 is 0. The van der Waals surface area contributed by atoms with Crippen molar-refractivity contribution in [3.63, 3.8) is 0 Å². The number of aromatic nitrogens is 1. The van der Waals surface area contributed by atoms with Crippen LogP contribution in [0.2, 0.25) is 0 Å². The molecule has 0 saturated carbocycles. The summed E-state index contributed by atoms with van der Waals surface area (Å²) in [5.74, 6) is 2.44. The summed E-state index contributed by atoms with van der Waals surface area (Å²) in [5.41, 5.74) is 2.90. The molecule has 0 aliphatic carbocycles. The third kappa shape index (κ3) is 6.10. The van der Waals surface area contributed by atoms with E-state index in [9.17, 15) is 4.79 Å². The molecule has 0 aliphatic rings. The molecule has 0 atom stereocenters. The van der Waals surface area contributed by atoms with Crippen molar-refractivity contribution in [1.29, 1.82) is 0 Å². The highest BCUT2D eigenvalue weighted by atomic mass is 16.5. The maximum atomic E-state index is 13.3. The van der Waals surface area contributed by atoms with E-state index in [4.69, 9.17) is 4.74 Å². The molecule has 0 spiro atoms. The van der Waals surface area contributed by atoms with Gasteiger partial charge >= 0.3 is 0 Å². The molecule has 1 aromatic carbocycles. The van der Waals surface area contributed by atoms with Gasteiger partial charge in [-0.1, -0.05) is 41.5 Å². The van der Waals surface area contributed by atoms with E-state index >= 15 is 0 Å². The second-order valence-corrected chi connectivity index (χ2v) is 9.09. The Hall–Kier alpha value is -1.81. The summed E-state index contributed by atoms with van der Waals surface area (Å²) in [4.78, 5) is 18.2. The fourth-order valence-electron chi connectivity index (χ4n) is 3.63. The number of quaternary nitrogens is 1. The number of pyridine rings is 1. The van der Waals surface area contributed by atoms with E-state index in [0.29, 0.717) is 24.4 Å². The molecule has 150 valence electrons. The average Bonchev–Trinajstić information content (AvgIpc) is 2.55. The molecule has 0 unspecified atom stereocenters. The fourth-order valence-corrected chi connectivity index (χ4v) is 3.63. The quantitative estimate of drug-likeness (QED) is 0.706. The van der Waals surface area contributed by atoms with Gasteiger partial charge in [0, 0.05) is 28.4 Å². The Kier molecular flexibility index (Phi) is 7.49. The van der Waals surface area contributed by atoms with Crippen LogP contribution in [0.25, 0.3) is 10.9 Å². The molecule has 1 heterocycles. The summed E-state index contributed by atoms with van der Waals surface area (Å²) in [5, 5.41) is 0.727. The van der Waals surface area contributed by atoms with Gasteiger partial charge in [-0.05, 0) is 31.0 Å². The summed E-state index contributed by atoms with van der Waals surface area (Å²) in [6.07, 6.45) is 0. The van der Waals surface area contributed by atoms with E-state index < -0.39 is 0 Å². The Morgan fingerprint density at radius 2 is 1.63 bits per heavy atom. The number of hydrogen-bond acceptors (Lipinski definition) is 2. The van der Waals surface area contributed by atoms with Gasteiger partial charge in [-0.2, -0.15) is 0 Å². The van der Waals surface area contributed by atoms with Crippen LogP contribution in [0.1, 0.15) is 52.8 Å². The lowest BCUT2D eigenvalue weighted by Crippen LogP contribution is -3.12. The first-order valence-corrected chi connectivity index (χ1v) is 10.3. The van der Waals surface area contributed by atoms with E-state index in [2.05, 4.69) is 46.5 Å². The minimum atomic E-state index is 0.140. The summed E-state index contributed by atoms with van der Waals surface area (Å²) in [6, 6.07) is 5.79. The van der Waals surface area contributed by atoms with Crippen LogP contribution >= 0.6 is 0 Å². The highest BCUT2D eigenvalue weighted by Crippen LogP contribution is 2.19. The van der Waals surface area contributed by atoms with Gasteiger partial charge in [0.1, 0.15) is 12.3 Å². The standard InChI is InChI=1S/C23H36N2O2/c1-15(2)11-25(12-16(3)4)13-21-18(7)24-22-9-8-19(27-14-17(5)6)10-20(22)23(21)26/h8-10,15-17H,11-14H2,1-7H3,(H,24,26)/p+1. The largest absolute Gasteiger partial charge is 0.493 e. The molecular formula is C23H37N2O2+. The van der Waals surface area contributed by atoms with Gasteiger partial charge in [-0.3, -0.25) is 4.79 Å².